The minimum Gasteiger partial charge on any atom is -0.494 e. The van der Waals surface area contributed by atoms with Crippen molar-refractivity contribution in [2.75, 3.05) is 13.2 Å². The lowest BCUT2D eigenvalue weighted by Crippen LogP contribution is -2.42. The van der Waals surface area contributed by atoms with Crippen LogP contribution in [0.2, 0.25) is 0 Å². The Morgan fingerprint density at radius 1 is 1.26 bits per heavy atom. The molecule has 0 spiro atoms. The molecule has 1 aliphatic heterocycles. The van der Waals surface area contributed by atoms with Gasteiger partial charge in [0.05, 0.1) is 23.4 Å². The van der Waals surface area contributed by atoms with Gasteiger partial charge in [-0.05, 0) is 70.4 Å². The Hall–Kier alpha value is -3.66. The molecule has 1 atom stereocenters. The summed E-state index contributed by atoms with van der Waals surface area (Å²) in [6.07, 6.45) is 0.709. The molecule has 0 saturated heterocycles. The quantitative estimate of drug-likeness (QED) is 0.277. The fourth-order valence-corrected chi connectivity index (χ4v) is 5.20. The van der Waals surface area contributed by atoms with Crippen molar-refractivity contribution in [3.63, 3.8) is 0 Å². The molecule has 0 aliphatic carbocycles. The number of nitrogens with zero attached hydrogens (tertiary/aromatic N) is 4. The highest BCUT2D eigenvalue weighted by molar-refractivity contribution is 9.10. The van der Waals surface area contributed by atoms with Gasteiger partial charge >= 0.3 is 5.82 Å². The van der Waals surface area contributed by atoms with E-state index >= 15 is 0 Å². The van der Waals surface area contributed by atoms with Gasteiger partial charge in [0.15, 0.2) is 0 Å². The van der Waals surface area contributed by atoms with E-state index in [-0.39, 0.29) is 28.8 Å². The van der Waals surface area contributed by atoms with Crippen molar-refractivity contribution >= 4 is 38.6 Å². The minimum absolute atomic E-state index is 0.0959. The number of ether oxygens (including phenoxy) is 1. The molecule has 1 N–H and O–H groups in total. The number of halogens is 1. The first kappa shape index (κ1) is 23.1. The minimum atomic E-state index is -0.557. The summed E-state index contributed by atoms with van der Waals surface area (Å²) < 4.78 is 7.28. The highest BCUT2D eigenvalue weighted by atomic mass is 79.9. The van der Waals surface area contributed by atoms with Crippen molar-refractivity contribution in [1.29, 1.82) is 0 Å². The lowest BCUT2D eigenvalue weighted by Gasteiger charge is -2.36. The molecule has 4 aromatic rings. The number of rotatable bonds is 6. The molecule has 2 aromatic carbocycles. The van der Waals surface area contributed by atoms with Crippen LogP contribution in [0.25, 0.3) is 10.9 Å². The first-order chi connectivity index (χ1) is 16.9. The lowest BCUT2D eigenvalue weighted by molar-refractivity contribution is -0.390. The van der Waals surface area contributed by atoms with Crippen LogP contribution >= 0.6 is 15.9 Å². The Morgan fingerprint density at radius 3 is 2.69 bits per heavy atom. The van der Waals surface area contributed by atoms with E-state index in [0.717, 1.165) is 27.9 Å². The summed E-state index contributed by atoms with van der Waals surface area (Å²) in [5.74, 6) is 0.308. The number of para-hydroxylation sites is 1. The van der Waals surface area contributed by atoms with E-state index in [1.807, 2.05) is 54.3 Å². The molecule has 5 rings (SSSR count). The SMILES string of the molecule is CCOc1ccc([C@@H]2c3[nH]c4ccccc4c3CCN2C(=O)Cn2nc([N+](=O)[O-])c(Br)c2C)cc1. The number of benzene rings is 2. The third-order valence-corrected chi connectivity index (χ3v) is 7.36. The summed E-state index contributed by atoms with van der Waals surface area (Å²) in [6.45, 7) is 4.64. The van der Waals surface area contributed by atoms with E-state index in [9.17, 15) is 14.9 Å². The monoisotopic (exact) mass is 537 g/mol. The second kappa shape index (κ2) is 9.18. The van der Waals surface area contributed by atoms with Crippen LogP contribution in [0.5, 0.6) is 5.75 Å². The molecular weight excluding hydrogens is 514 g/mol. The van der Waals surface area contributed by atoms with Crippen molar-refractivity contribution in [2.24, 2.45) is 0 Å². The zero-order valence-electron chi connectivity index (χ0n) is 19.3. The molecule has 0 radical (unpaired) electrons. The van der Waals surface area contributed by atoms with Crippen LogP contribution in [0.1, 0.15) is 35.5 Å². The molecule has 3 heterocycles. The van der Waals surface area contributed by atoms with Crippen molar-refractivity contribution < 1.29 is 14.5 Å². The van der Waals surface area contributed by atoms with Gasteiger partial charge in [-0.3, -0.25) is 4.79 Å². The van der Waals surface area contributed by atoms with E-state index in [1.165, 1.54) is 10.2 Å². The second-order valence-corrected chi connectivity index (χ2v) is 9.24. The molecule has 35 heavy (non-hydrogen) atoms. The largest absolute Gasteiger partial charge is 0.494 e. The van der Waals surface area contributed by atoms with Crippen LogP contribution in [-0.4, -0.2) is 43.6 Å². The van der Waals surface area contributed by atoms with Crippen LogP contribution in [0, 0.1) is 17.0 Å². The maximum atomic E-state index is 13.6. The standard InChI is InChI=1S/C25H24BrN5O4/c1-3-35-17-10-8-16(9-11-17)24-23-19(18-6-4-5-7-20(18)27-23)12-13-29(24)21(32)14-30-15(2)22(26)25(28-30)31(33)34/h4-11,24,27H,3,12-14H2,1-2H3/t24-/m1/s1. The molecule has 180 valence electrons. The summed E-state index contributed by atoms with van der Waals surface area (Å²) in [6, 6.07) is 15.6. The van der Waals surface area contributed by atoms with Gasteiger partial charge in [-0.25, -0.2) is 0 Å². The Kier molecular flexibility index (Phi) is 6.06. The van der Waals surface area contributed by atoms with Gasteiger partial charge in [-0.2, -0.15) is 4.68 Å². The number of carbonyl (C=O) groups excluding carboxylic acids is 1. The molecule has 0 unspecified atom stereocenters. The lowest BCUT2D eigenvalue weighted by atomic mass is 9.92. The zero-order valence-corrected chi connectivity index (χ0v) is 20.9. The highest BCUT2D eigenvalue weighted by Gasteiger charge is 2.35. The van der Waals surface area contributed by atoms with Crippen LogP contribution < -0.4 is 4.74 Å². The Balaban J connectivity index is 1.55. The topological polar surface area (TPSA) is 106 Å². The van der Waals surface area contributed by atoms with Gasteiger partial charge in [0.2, 0.25) is 5.91 Å². The number of nitrogens with one attached hydrogen (secondary N) is 1. The van der Waals surface area contributed by atoms with Crippen LogP contribution in [0.4, 0.5) is 5.82 Å². The van der Waals surface area contributed by atoms with E-state index in [1.54, 1.807) is 6.92 Å². The number of aromatic nitrogens is 3. The normalized spacial score (nSPS) is 15.3. The van der Waals surface area contributed by atoms with Crippen molar-refractivity contribution in [3.8, 4) is 5.75 Å². The number of amides is 1. The molecule has 0 fully saturated rings. The summed E-state index contributed by atoms with van der Waals surface area (Å²) in [7, 11) is 0. The highest BCUT2D eigenvalue weighted by Crippen LogP contribution is 2.39. The fraction of sp³-hybridized carbons (Fsp3) is 0.280. The van der Waals surface area contributed by atoms with Crippen molar-refractivity contribution in [2.45, 2.75) is 32.9 Å². The number of aromatic amines is 1. The van der Waals surface area contributed by atoms with Gasteiger partial charge in [-0.1, -0.05) is 30.3 Å². The molecule has 10 heteroatoms. The summed E-state index contributed by atoms with van der Waals surface area (Å²) in [4.78, 5) is 29.7. The maximum Gasteiger partial charge on any atom is 0.404 e. The Labute approximate surface area is 210 Å². The van der Waals surface area contributed by atoms with Gasteiger partial charge in [-0.15, -0.1) is 0 Å². The number of H-pyrrole nitrogens is 1. The second-order valence-electron chi connectivity index (χ2n) is 8.44. The number of carbonyl (C=O) groups is 1. The summed E-state index contributed by atoms with van der Waals surface area (Å²) in [5.41, 5.74) is 4.71. The predicted octanol–water partition coefficient (Wildman–Crippen LogP) is 4.92. The Bertz CT molecular complexity index is 1430. The third kappa shape index (κ3) is 4.07. The van der Waals surface area contributed by atoms with Crippen molar-refractivity contribution in [1.82, 2.24) is 19.7 Å². The van der Waals surface area contributed by atoms with Crippen molar-refractivity contribution in [3.05, 3.63) is 85.6 Å². The molecule has 9 nitrogen and oxygen atoms in total. The molecule has 0 bridgehead atoms. The van der Waals surface area contributed by atoms with Crippen LogP contribution in [-0.2, 0) is 17.8 Å². The van der Waals surface area contributed by atoms with E-state index in [0.29, 0.717) is 25.3 Å². The Morgan fingerprint density at radius 2 is 2.00 bits per heavy atom. The average Bonchev–Trinajstić information content (AvgIpc) is 3.37. The van der Waals surface area contributed by atoms with Gasteiger partial charge in [0, 0.05) is 23.1 Å². The van der Waals surface area contributed by atoms with Gasteiger partial charge < -0.3 is 24.7 Å². The zero-order chi connectivity index (χ0) is 24.7. The predicted molar refractivity (Wildman–Crippen MR) is 134 cm³/mol. The fourth-order valence-electron chi connectivity index (χ4n) is 4.77. The smallest absolute Gasteiger partial charge is 0.404 e. The van der Waals surface area contributed by atoms with Crippen LogP contribution in [0.3, 0.4) is 0 Å². The van der Waals surface area contributed by atoms with E-state index in [2.05, 4.69) is 32.1 Å². The van der Waals surface area contributed by atoms with E-state index in [4.69, 9.17) is 4.74 Å². The average molecular weight is 538 g/mol. The number of nitro groups is 1. The third-order valence-electron chi connectivity index (χ3n) is 6.44. The number of hydrogen-bond acceptors (Lipinski definition) is 5. The maximum absolute atomic E-state index is 13.6. The van der Waals surface area contributed by atoms with Gasteiger partial charge in [0.1, 0.15) is 16.8 Å². The molecule has 2 aromatic heterocycles. The van der Waals surface area contributed by atoms with Gasteiger partial charge in [0.25, 0.3) is 0 Å². The van der Waals surface area contributed by atoms with Crippen LogP contribution in [0.15, 0.2) is 53.0 Å². The number of hydrogen-bond donors (Lipinski definition) is 1. The summed E-state index contributed by atoms with van der Waals surface area (Å²) in [5, 5.41) is 16.5. The molecule has 1 aliphatic rings. The number of fused-ring (bicyclic) bond motifs is 3. The molecular formula is C25H24BrN5O4. The first-order valence-corrected chi connectivity index (χ1v) is 12.2. The molecule has 1 amide bonds. The van der Waals surface area contributed by atoms with E-state index < -0.39 is 4.92 Å². The first-order valence-electron chi connectivity index (χ1n) is 11.4. The summed E-state index contributed by atoms with van der Waals surface area (Å²) >= 11 is 3.23. The molecule has 0 saturated carbocycles.